The molecule has 0 saturated heterocycles. The SMILES string of the molecule is CC(C)[C@@H](C(=O)OCC(=O)NC(N)=O)N1C(=O)c2ccccc2C1=O. The van der Waals surface area contributed by atoms with Gasteiger partial charge in [0.15, 0.2) is 6.61 Å². The van der Waals surface area contributed by atoms with E-state index in [1.165, 1.54) is 12.1 Å². The molecule has 0 bridgehead atoms. The van der Waals surface area contributed by atoms with E-state index in [0.29, 0.717) is 0 Å². The lowest BCUT2D eigenvalue weighted by atomic mass is 10.0. The van der Waals surface area contributed by atoms with E-state index in [4.69, 9.17) is 10.5 Å². The number of hydrogen-bond donors (Lipinski definition) is 2. The van der Waals surface area contributed by atoms with Crippen molar-refractivity contribution in [3.63, 3.8) is 0 Å². The zero-order valence-electron chi connectivity index (χ0n) is 13.6. The van der Waals surface area contributed by atoms with Gasteiger partial charge >= 0.3 is 12.0 Å². The third-order valence-electron chi connectivity index (χ3n) is 3.58. The molecule has 9 nitrogen and oxygen atoms in total. The zero-order valence-corrected chi connectivity index (χ0v) is 13.6. The summed E-state index contributed by atoms with van der Waals surface area (Å²) in [6.45, 7) is 2.52. The van der Waals surface area contributed by atoms with Gasteiger partial charge in [0.05, 0.1) is 11.1 Å². The molecular formula is C16H17N3O6. The Morgan fingerprint density at radius 1 is 1.12 bits per heavy atom. The van der Waals surface area contributed by atoms with E-state index >= 15 is 0 Å². The first-order valence-corrected chi connectivity index (χ1v) is 7.47. The summed E-state index contributed by atoms with van der Waals surface area (Å²) in [5.41, 5.74) is 5.20. The molecule has 0 fully saturated rings. The molecule has 2 rings (SSSR count). The standard InChI is InChI=1S/C16H17N3O6/c1-8(2)12(15(23)25-7-11(20)18-16(17)24)19-13(21)9-5-3-4-6-10(9)14(19)22/h3-6,8,12H,7H2,1-2H3,(H3,17,18,20,24)/t12-/m0/s1. The number of amides is 5. The highest BCUT2D eigenvalue weighted by Crippen LogP contribution is 2.27. The van der Waals surface area contributed by atoms with Gasteiger partial charge in [0.1, 0.15) is 6.04 Å². The summed E-state index contributed by atoms with van der Waals surface area (Å²) in [7, 11) is 0. The predicted molar refractivity (Wildman–Crippen MR) is 84.3 cm³/mol. The van der Waals surface area contributed by atoms with Crippen molar-refractivity contribution in [3.05, 3.63) is 35.4 Å². The minimum absolute atomic E-state index is 0.206. The Hall–Kier alpha value is -3.23. The van der Waals surface area contributed by atoms with Crippen LogP contribution in [0.2, 0.25) is 0 Å². The molecule has 0 spiro atoms. The number of carbonyl (C=O) groups excluding carboxylic acids is 5. The lowest BCUT2D eigenvalue weighted by Gasteiger charge is -2.27. The highest BCUT2D eigenvalue weighted by Gasteiger charge is 2.44. The number of urea groups is 1. The molecule has 1 atom stereocenters. The Labute approximate surface area is 143 Å². The first-order chi connectivity index (χ1) is 11.7. The van der Waals surface area contributed by atoms with Crippen molar-refractivity contribution in [2.24, 2.45) is 11.7 Å². The highest BCUT2D eigenvalue weighted by atomic mass is 16.5. The van der Waals surface area contributed by atoms with Gasteiger partial charge in [-0.2, -0.15) is 0 Å². The van der Waals surface area contributed by atoms with E-state index in [1.54, 1.807) is 31.3 Å². The van der Waals surface area contributed by atoms with Crippen LogP contribution in [0.5, 0.6) is 0 Å². The normalized spacial score (nSPS) is 14.3. The van der Waals surface area contributed by atoms with Crippen LogP contribution in [0.4, 0.5) is 4.79 Å². The quantitative estimate of drug-likeness (QED) is 0.570. The van der Waals surface area contributed by atoms with Gasteiger partial charge in [-0.3, -0.25) is 24.6 Å². The van der Waals surface area contributed by atoms with Gasteiger partial charge in [-0.05, 0) is 18.1 Å². The fourth-order valence-electron chi connectivity index (χ4n) is 2.53. The molecule has 1 aliphatic heterocycles. The third-order valence-corrected chi connectivity index (χ3v) is 3.58. The van der Waals surface area contributed by atoms with Gasteiger partial charge in [-0.1, -0.05) is 26.0 Å². The number of imide groups is 2. The largest absolute Gasteiger partial charge is 0.454 e. The van der Waals surface area contributed by atoms with Gasteiger partial charge in [0.25, 0.3) is 17.7 Å². The van der Waals surface area contributed by atoms with Crippen molar-refractivity contribution >= 4 is 29.7 Å². The maximum Gasteiger partial charge on any atom is 0.330 e. The molecule has 0 aromatic heterocycles. The number of carbonyl (C=O) groups is 5. The molecule has 0 saturated carbocycles. The summed E-state index contributed by atoms with van der Waals surface area (Å²) in [5, 5.41) is 1.74. The topological polar surface area (TPSA) is 136 Å². The Kier molecular flexibility index (Phi) is 5.16. The minimum atomic E-state index is -1.20. The van der Waals surface area contributed by atoms with Crippen molar-refractivity contribution in [2.75, 3.05) is 6.61 Å². The monoisotopic (exact) mass is 347 g/mol. The van der Waals surface area contributed by atoms with Crippen molar-refractivity contribution in [2.45, 2.75) is 19.9 Å². The predicted octanol–water partition coefficient (Wildman–Crippen LogP) is 0.0453. The lowest BCUT2D eigenvalue weighted by molar-refractivity contribution is -0.153. The number of rotatable bonds is 5. The van der Waals surface area contributed by atoms with E-state index in [0.717, 1.165) is 4.90 Å². The molecule has 1 aliphatic rings. The van der Waals surface area contributed by atoms with Crippen molar-refractivity contribution < 1.29 is 28.7 Å². The summed E-state index contributed by atoms with van der Waals surface area (Å²) < 4.78 is 4.83. The molecule has 132 valence electrons. The Balaban J connectivity index is 2.18. The van der Waals surface area contributed by atoms with Crippen LogP contribution >= 0.6 is 0 Å². The molecule has 9 heteroatoms. The summed E-state index contributed by atoms with van der Waals surface area (Å²) in [6, 6.07) is 3.95. The fourth-order valence-corrected chi connectivity index (χ4v) is 2.53. The van der Waals surface area contributed by atoms with E-state index in [2.05, 4.69) is 0 Å². The van der Waals surface area contributed by atoms with Crippen molar-refractivity contribution in [1.29, 1.82) is 0 Å². The Morgan fingerprint density at radius 3 is 2.08 bits per heavy atom. The van der Waals surface area contributed by atoms with Gasteiger partial charge in [-0.15, -0.1) is 0 Å². The third kappa shape index (κ3) is 3.65. The first kappa shape index (κ1) is 18.1. The molecule has 1 aromatic rings. The lowest BCUT2D eigenvalue weighted by Crippen LogP contribution is -2.49. The van der Waals surface area contributed by atoms with Crippen molar-refractivity contribution in [3.8, 4) is 0 Å². The number of nitrogens with one attached hydrogen (secondary N) is 1. The molecular weight excluding hydrogens is 330 g/mol. The van der Waals surface area contributed by atoms with Crippen LogP contribution < -0.4 is 11.1 Å². The number of ether oxygens (including phenoxy) is 1. The number of esters is 1. The number of benzene rings is 1. The second kappa shape index (κ2) is 7.12. The van der Waals surface area contributed by atoms with Crippen LogP contribution in [0.15, 0.2) is 24.3 Å². The molecule has 0 radical (unpaired) electrons. The average molecular weight is 347 g/mol. The fraction of sp³-hybridized carbons (Fsp3) is 0.312. The smallest absolute Gasteiger partial charge is 0.330 e. The molecule has 0 aliphatic carbocycles. The molecule has 0 unspecified atom stereocenters. The summed E-state index contributed by atoms with van der Waals surface area (Å²) in [6.07, 6.45) is 0. The van der Waals surface area contributed by atoms with Crippen molar-refractivity contribution in [1.82, 2.24) is 10.2 Å². The minimum Gasteiger partial charge on any atom is -0.454 e. The molecule has 1 aromatic carbocycles. The zero-order chi connectivity index (χ0) is 18.7. The number of primary amides is 1. The van der Waals surface area contributed by atoms with E-state index in [9.17, 15) is 24.0 Å². The number of nitrogens with two attached hydrogens (primary N) is 1. The van der Waals surface area contributed by atoms with Crippen LogP contribution in [0.1, 0.15) is 34.6 Å². The molecule has 3 N–H and O–H groups in total. The van der Waals surface area contributed by atoms with E-state index in [-0.39, 0.29) is 11.1 Å². The maximum atomic E-state index is 12.5. The molecule has 5 amide bonds. The molecule has 1 heterocycles. The Bertz CT molecular complexity index is 723. The van der Waals surface area contributed by atoms with Crippen LogP contribution in [-0.4, -0.2) is 47.3 Å². The Morgan fingerprint density at radius 2 is 1.64 bits per heavy atom. The summed E-state index contributed by atoms with van der Waals surface area (Å²) >= 11 is 0. The second-order valence-corrected chi connectivity index (χ2v) is 5.73. The van der Waals surface area contributed by atoms with E-state index in [1.807, 2.05) is 0 Å². The molecule has 25 heavy (non-hydrogen) atoms. The number of hydrogen-bond acceptors (Lipinski definition) is 6. The number of fused-ring (bicyclic) bond motifs is 1. The van der Waals surface area contributed by atoms with Crippen LogP contribution in [0.3, 0.4) is 0 Å². The maximum absolute atomic E-state index is 12.5. The van der Waals surface area contributed by atoms with Gasteiger partial charge in [0, 0.05) is 0 Å². The van der Waals surface area contributed by atoms with Gasteiger partial charge < -0.3 is 10.5 Å². The van der Waals surface area contributed by atoms with Crippen LogP contribution in [-0.2, 0) is 14.3 Å². The highest BCUT2D eigenvalue weighted by molar-refractivity contribution is 6.22. The first-order valence-electron chi connectivity index (χ1n) is 7.47. The number of nitrogens with zero attached hydrogens (tertiary/aromatic N) is 1. The van der Waals surface area contributed by atoms with Crippen LogP contribution in [0.25, 0.3) is 0 Å². The summed E-state index contributed by atoms with van der Waals surface area (Å²) in [4.78, 5) is 60.1. The average Bonchev–Trinajstić information content (AvgIpc) is 2.78. The summed E-state index contributed by atoms with van der Waals surface area (Å²) in [5.74, 6) is -3.49. The van der Waals surface area contributed by atoms with E-state index < -0.39 is 48.3 Å². The van der Waals surface area contributed by atoms with Crippen LogP contribution in [0, 0.1) is 5.92 Å². The second-order valence-electron chi connectivity index (χ2n) is 5.73. The van der Waals surface area contributed by atoms with Gasteiger partial charge in [-0.25, -0.2) is 9.59 Å². The van der Waals surface area contributed by atoms with Gasteiger partial charge in [0.2, 0.25) is 0 Å².